The van der Waals surface area contributed by atoms with Crippen LogP contribution in [0.4, 0.5) is 0 Å². The van der Waals surface area contributed by atoms with Crippen LogP contribution in [0.5, 0.6) is 0 Å². The van der Waals surface area contributed by atoms with Gasteiger partial charge in [0.1, 0.15) is 6.04 Å². The molecule has 1 heterocycles. The zero-order valence-electron chi connectivity index (χ0n) is 16.2. The molecule has 0 spiro atoms. The van der Waals surface area contributed by atoms with Crippen LogP contribution in [0.25, 0.3) is 0 Å². The largest absolute Gasteiger partial charge is 0.354 e. The van der Waals surface area contributed by atoms with E-state index in [0.717, 1.165) is 19.3 Å². The Morgan fingerprint density at radius 1 is 1.00 bits per heavy atom. The lowest BCUT2D eigenvalue weighted by Gasteiger charge is -2.45. The summed E-state index contributed by atoms with van der Waals surface area (Å²) in [6.45, 7) is 2.92. The standard InChI is InChI=1S/C24H26N2O2/c1-15(27)26-12-6-11-22(26)24(28)25-14-16-13-21-17-7-2-4-9-19(17)23(16)20-10-5-3-8-18(20)21/h2-5,7-10,16,21-23H,6,11-14H2,1H3,(H,25,28)/t16-,21?,22+,23?/m1/s1. The minimum atomic E-state index is -0.294. The molecule has 4 nitrogen and oxygen atoms in total. The van der Waals surface area contributed by atoms with Crippen LogP contribution in [0.1, 0.15) is 60.3 Å². The molecule has 1 fully saturated rings. The summed E-state index contributed by atoms with van der Waals surface area (Å²) in [6, 6.07) is 17.3. The molecule has 0 unspecified atom stereocenters. The Morgan fingerprint density at radius 2 is 1.61 bits per heavy atom. The van der Waals surface area contributed by atoms with Crippen molar-refractivity contribution in [2.75, 3.05) is 13.1 Å². The fourth-order valence-corrected chi connectivity index (χ4v) is 5.73. The molecule has 6 rings (SSSR count). The monoisotopic (exact) mass is 374 g/mol. The van der Waals surface area contributed by atoms with Gasteiger partial charge in [0.2, 0.25) is 11.8 Å². The van der Waals surface area contributed by atoms with Crippen LogP contribution in [-0.4, -0.2) is 35.8 Å². The number of nitrogens with one attached hydrogen (secondary N) is 1. The van der Waals surface area contributed by atoms with Crippen molar-refractivity contribution in [1.82, 2.24) is 10.2 Å². The Labute approximate surface area is 165 Å². The van der Waals surface area contributed by atoms with Gasteiger partial charge in [0, 0.05) is 31.8 Å². The van der Waals surface area contributed by atoms with E-state index in [2.05, 4.69) is 53.8 Å². The first-order valence-electron chi connectivity index (χ1n) is 10.4. The van der Waals surface area contributed by atoms with Gasteiger partial charge in [-0.05, 0) is 47.4 Å². The fourth-order valence-electron chi connectivity index (χ4n) is 5.73. The van der Waals surface area contributed by atoms with E-state index in [-0.39, 0.29) is 17.9 Å². The summed E-state index contributed by atoms with van der Waals surface area (Å²) in [4.78, 5) is 26.3. The smallest absolute Gasteiger partial charge is 0.242 e. The lowest BCUT2D eigenvalue weighted by molar-refractivity contribution is -0.136. The minimum absolute atomic E-state index is 0.00257. The molecule has 0 saturated carbocycles. The summed E-state index contributed by atoms with van der Waals surface area (Å²) < 4.78 is 0. The van der Waals surface area contributed by atoms with Gasteiger partial charge in [0.05, 0.1) is 0 Å². The zero-order valence-corrected chi connectivity index (χ0v) is 16.2. The quantitative estimate of drug-likeness (QED) is 0.895. The second-order valence-electron chi connectivity index (χ2n) is 8.40. The predicted octanol–water partition coefficient (Wildman–Crippen LogP) is 3.41. The molecule has 1 saturated heterocycles. The molecule has 2 bridgehead atoms. The Kier molecular flexibility index (Phi) is 4.22. The maximum atomic E-state index is 12.8. The Morgan fingerprint density at radius 3 is 2.21 bits per heavy atom. The van der Waals surface area contributed by atoms with Crippen molar-refractivity contribution in [3.63, 3.8) is 0 Å². The second kappa shape index (κ2) is 6.77. The molecule has 2 amide bonds. The summed E-state index contributed by atoms with van der Waals surface area (Å²) in [6.07, 6.45) is 2.75. The third-order valence-electron chi connectivity index (χ3n) is 6.92. The number of carbonyl (C=O) groups is 2. The molecule has 2 aromatic rings. The van der Waals surface area contributed by atoms with Crippen molar-refractivity contribution >= 4 is 11.8 Å². The van der Waals surface area contributed by atoms with E-state index in [4.69, 9.17) is 0 Å². The van der Waals surface area contributed by atoms with E-state index < -0.39 is 0 Å². The van der Waals surface area contributed by atoms with E-state index in [0.29, 0.717) is 30.8 Å². The third-order valence-corrected chi connectivity index (χ3v) is 6.92. The van der Waals surface area contributed by atoms with Crippen LogP contribution in [0.15, 0.2) is 48.5 Å². The molecule has 2 aromatic carbocycles. The van der Waals surface area contributed by atoms with Crippen LogP contribution in [0.3, 0.4) is 0 Å². The number of nitrogens with zero attached hydrogens (tertiary/aromatic N) is 1. The maximum Gasteiger partial charge on any atom is 0.242 e. The van der Waals surface area contributed by atoms with E-state index >= 15 is 0 Å². The normalized spacial score (nSPS) is 27.2. The summed E-state index contributed by atoms with van der Waals surface area (Å²) in [5.41, 5.74) is 5.74. The summed E-state index contributed by atoms with van der Waals surface area (Å²) >= 11 is 0. The van der Waals surface area contributed by atoms with Gasteiger partial charge in [0.25, 0.3) is 0 Å². The van der Waals surface area contributed by atoms with Crippen molar-refractivity contribution in [3.05, 3.63) is 70.8 Å². The Balaban J connectivity index is 1.38. The van der Waals surface area contributed by atoms with E-state index in [1.807, 2.05) is 0 Å². The van der Waals surface area contributed by atoms with Crippen LogP contribution in [0, 0.1) is 5.92 Å². The highest BCUT2D eigenvalue weighted by molar-refractivity contribution is 5.87. The second-order valence-corrected chi connectivity index (χ2v) is 8.40. The molecule has 144 valence electrons. The topological polar surface area (TPSA) is 49.4 Å². The van der Waals surface area contributed by atoms with Crippen molar-refractivity contribution in [1.29, 1.82) is 0 Å². The van der Waals surface area contributed by atoms with E-state index in [1.54, 1.807) is 11.8 Å². The molecule has 2 atom stereocenters. The zero-order chi connectivity index (χ0) is 19.3. The minimum Gasteiger partial charge on any atom is -0.354 e. The number of fused-ring (bicyclic) bond motifs is 1. The average Bonchev–Trinajstić information content (AvgIpc) is 3.23. The van der Waals surface area contributed by atoms with Gasteiger partial charge in [-0.25, -0.2) is 0 Å². The van der Waals surface area contributed by atoms with Gasteiger partial charge < -0.3 is 10.2 Å². The van der Waals surface area contributed by atoms with Crippen LogP contribution < -0.4 is 5.32 Å². The number of hydrogen-bond donors (Lipinski definition) is 1. The van der Waals surface area contributed by atoms with Crippen LogP contribution >= 0.6 is 0 Å². The fraction of sp³-hybridized carbons (Fsp3) is 0.417. The number of carbonyl (C=O) groups excluding carboxylic acids is 2. The summed E-state index contributed by atoms with van der Waals surface area (Å²) in [5.74, 6) is 1.16. The van der Waals surface area contributed by atoms with Crippen molar-refractivity contribution in [3.8, 4) is 0 Å². The SMILES string of the molecule is CC(=O)N1CCC[C@H]1C(=O)NC[C@H]1CC2c3ccccc3C1c1ccccc12. The van der Waals surface area contributed by atoms with Gasteiger partial charge in [0.15, 0.2) is 0 Å². The Bertz CT molecular complexity index is 890. The molecular formula is C24H26N2O2. The summed E-state index contributed by atoms with van der Waals surface area (Å²) in [7, 11) is 0. The number of rotatable bonds is 3. The highest BCUT2D eigenvalue weighted by Crippen LogP contribution is 2.55. The number of amides is 2. The van der Waals surface area contributed by atoms with Gasteiger partial charge in [-0.1, -0.05) is 48.5 Å². The molecule has 4 heteroatoms. The molecule has 3 aliphatic carbocycles. The average molecular weight is 374 g/mol. The van der Waals surface area contributed by atoms with Crippen molar-refractivity contribution < 1.29 is 9.59 Å². The van der Waals surface area contributed by atoms with Gasteiger partial charge >= 0.3 is 0 Å². The molecule has 1 aliphatic heterocycles. The van der Waals surface area contributed by atoms with Crippen molar-refractivity contribution in [2.45, 2.75) is 44.1 Å². The molecule has 1 N–H and O–H groups in total. The molecule has 0 radical (unpaired) electrons. The van der Waals surface area contributed by atoms with Crippen molar-refractivity contribution in [2.24, 2.45) is 5.92 Å². The molecular weight excluding hydrogens is 348 g/mol. The van der Waals surface area contributed by atoms with Crippen LogP contribution in [-0.2, 0) is 9.59 Å². The van der Waals surface area contributed by atoms with Gasteiger partial charge in [-0.3, -0.25) is 9.59 Å². The van der Waals surface area contributed by atoms with E-state index in [1.165, 1.54) is 22.3 Å². The molecule has 4 aliphatic rings. The lowest BCUT2D eigenvalue weighted by atomic mass is 9.59. The summed E-state index contributed by atoms with van der Waals surface area (Å²) in [5, 5.41) is 3.19. The first-order valence-corrected chi connectivity index (χ1v) is 10.4. The highest BCUT2D eigenvalue weighted by atomic mass is 16.2. The number of hydrogen-bond acceptors (Lipinski definition) is 2. The van der Waals surface area contributed by atoms with Gasteiger partial charge in [-0.15, -0.1) is 0 Å². The number of likely N-dealkylation sites (tertiary alicyclic amines) is 1. The third kappa shape index (κ3) is 2.66. The maximum absolute atomic E-state index is 12.8. The lowest BCUT2D eigenvalue weighted by Crippen LogP contribution is -2.47. The molecule has 28 heavy (non-hydrogen) atoms. The first-order chi connectivity index (χ1) is 13.6. The van der Waals surface area contributed by atoms with Crippen LogP contribution in [0.2, 0.25) is 0 Å². The van der Waals surface area contributed by atoms with E-state index in [9.17, 15) is 9.59 Å². The highest BCUT2D eigenvalue weighted by Gasteiger charge is 2.43. The van der Waals surface area contributed by atoms with Gasteiger partial charge in [-0.2, -0.15) is 0 Å². The number of benzene rings is 2. The molecule has 0 aromatic heterocycles. The Hall–Kier alpha value is -2.62. The predicted molar refractivity (Wildman–Crippen MR) is 108 cm³/mol. The first kappa shape index (κ1) is 17.5.